The predicted octanol–water partition coefficient (Wildman–Crippen LogP) is 8.15. The summed E-state index contributed by atoms with van der Waals surface area (Å²) in [5.74, 6) is 1.10. The molecule has 152 valence electrons. The summed E-state index contributed by atoms with van der Waals surface area (Å²) >= 11 is 30.4. The van der Waals surface area contributed by atoms with E-state index in [2.05, 4.69) is 5.32 Å². The van der Waals surface area contributed by atoms with Crippen molar-refractivity contribution in [2.45, 2.75) is 13.2 Å². The molecular formula is C21H16Cl5NO2. The number of hydrogen-bond acceptors (Lipinski definition) is 3. The molecule has 0 unspecified atom stereocenters. The van der Waals surface area contributed by atoms with Gasteiger partial charge in [0.1, 0.15) is 6.61 Å². The van der Waals surface area contributed by atoms with E-state index in [0.717, 1.165) is 16.8 Å². The van der Waals surface area contributed by atoms with Crippen molar-refractivity contribution < 1.29 is 9.47 Å². The lowest BCUT2D eigenvalue weighted by Gasteiger charge is -2.15. The number of methoxy groups -OCH3 is 1. The Morgan fingerprint density at radius 2 is 1.41 bits per heavy atom. The normalized spacial score (nSPS) is 10.7. The molecule has 0 radical (unpaired) electrons. The van der Waals surface area contributed by atoms with Gasteiger partial charge >= 0.3 is 0 Å². The van der Waals surface area contributed by atoms with Crippen molar-refractivity contribution in [1.82, 2.24) is 0 Å². The van der Waals surface area contributed by atoms with Crippen molar-refractivity contribution in [3.63, 3.8) is 0 Å². The number of benzene rings is 3. The summed E-state index contributed by atoms with van der Waals surface area (Å²) in [7, 11) is 1.57. The number of rotatable bonds is 7. The van der Waals surface area contributed by atoms with Crippen molar-refractivity contribution in [3.05, 3.63) is 84.8 Å². The van der Waals surface area contributed by atoms with E-state index in [1.807, 2.05) is 18.2 Å². The van der Waals surface area contributed by atoms with Gasteiger partial charge in [-0.2, -0.15) is 0 Å². The van der Waals surface area contributed by atoms with Crippen LogP contribution < -0.4 is 14.8 Å². The number of hydrogen-bond donors (Lipinski definition) is 1. The third-order valence-corrected chi connectivity index (χ3v) is 5.94. The molecule has 0 bridgehead atoms. The Bertz CT molecular complexity index is 1030. The summed E-state index contributed by atoms with van der Waals surface area (Å²) in [5.41, 5.74) is 2.55. The molecule has 3 aromatic rings. The van der Waals surface area contributed by atoms with Gasteiger partial charge in [0.25, 0.3) is 0 Å². The molecule has 3 nitrogen and oxygen atoms in total. The van der Waals surface area contributed by atoms with Crippen LogP contribution in [0.15, 0.2) is 48.5 Å². The maximum atomic E-state index is 6.45. The second-order valence-corrected chi connectivity index (χ2v) is 8.15. The second-order valence-electron chi connectivity index (χ2n) is 6.11. The molecule has 0 fully saturated rings. The first-order valence-electron chi connectivity index (χ1n) is 8.49. The first-order chi connectivity index (χ1) is 13.9. The topological polar surface area (TPSA) is 30.5 Å². The Labute approximate surface area is 194 Å². The standard InChI is InChI=1S/C21H16Cl5NO2/c1-28-20-7-13(10-27-14-3-5-16(23)19(26)8-14)17(24)9-21(20)29-11-12-2-4-15(22)18(25)6-12/h2-9,27H,10-11H2,1H3. The van der Waals surface area contributed by atoms with Gasteiger partial charge in [-0.05, 0) is 47.5 Å². The highest BCUT2D eigenvalue weighted by Crippen LogP contribution is 2.35. The van der Waals surface area contributed by atoms with Gasteiger partial charge < -0.3 is 14.8 Å². The molecule has 0 aromatic heterocycles. The Kier molecular flexibility index (Phi) is 7.66. The summed E-state index contributed by atoms with van der Waals surface area (Å²) in [6.07, 6.45) is 0. The van der Waals surface area contributed by atoms with Gasteiger partial charge in [0.2, 0.25) is 0 Å². The van der Waals surface area contributed by atoms with E-state index < -0.39 is 0 Å². The summed E-state index contributed by atoms with van der Waals surface area (Å²) in [6.45, 7) is 0.769. The molecule has 0 saturated heterocycles. The highest BCUT2D eigenvalue weighted by atomic mass is 35.5. The minimum absolute atomic E-state index is 0.296. The lowest BCUT2D eigenvalue weighted by molar-refractivity contribution is 0.284. The fourth-order valence-corrected chi connectivity index (χ4v) is 3.42. The highest BCUT2D eigenvalue weighted by molar-refractivity contribution is 6.42. The Balaban J connectivity index is 1.72. The molecule has 3 rings (SSSR count). The Morgan fingerprint density at radius 1 is 0.724 bits per heavy atom. The summed E-state index contributed by atoms with van der Waals surface area (Å²) in [4.78, 5) is 0. The molecular weight excluding hydrogens is 476 g/mol. The van der Waals surface area contributed by atoms with Crippen LogP contribution in [-0.2, 0) is 13.2 Å². The van der Waals surface area contributed by atoms with Crippen LogP contribution >= 0.6 is 58.0 Å². The highest BCUT2D eigenvalue weighted by Gasteiger charge is 2.12. The largest absolute Gasteiger partial charge is 0.493 e. The van der Waals surface area contributed by atoms with Crippen LogP contribution in [0.3, 0.4) is 0 Å². The SMILES string of the molecule is COc1cc(CNc2ccc(Cl)c(Cl)c2)c(Cl)cc1OCc1ccc(Cl)c(Cl)c1. The van der Waals surface area contributed by atoms with Crippen molar-refractivity contribution in [2.75, 3.05) is 12.4 Å². The van der Waals surface area contributed by atoms with E-state index >= 15 is 0 Å². The molecule has 0 saturated carbocycles. The molecule has 0 aliphatic rings. The Hall–Kier alpha value is -1.49. The predicted molar refractivity (Wildman–Crippen MR) is 123 cm³/mol. The van der Waals surface area contributed by atoms with E-state index in [-0.39, 0.29) is 0 Å². The fraction of sp³-hybridized carbons (Fsp3) is 0.143. The summed E-state index contributed by atoms with van der Waals surface area (Å²) < 4.78 is 11.3. The smallest absolute Gasteiger partial charge is 0.163 e. The van der Waals surface area contributed by atoms with Crippen LogP contribution in [0, 0.1) is 0 Å². The maximum absolute atomic E-state index is 6.45. The zero-order valence-corrected chi connectivity index (χ0v) is 19.0. The van der Waals surface area contributed by atoms with Crippen molar-refractivity contribution in [1.29, 1.82) is 0 Å². The fourth-order valence-electron chi connectivity index (χ4n) is 2.58. The average Bonchev–Trinajstić information content (AvgIpc) is 2.70. The van der Waals surface area contributed by atoms with Crippen LogP contribution in [0.2, 0.25) is 25.1 Å². The number of ether oxygens (including phenoxy) is 2. The minimum Gasteiger partial charge on any atom is -0.493 e. The summed E-state index contributed by atoms with van der Waals surface area (Å²) in [5, 5.41) is 5.75. The first-order valence-corrected chi connectivity index (χ1v) is 10.4. The molecule has 3 aromatic carbocycles. The van der Waals surface area contributed by atoms with E-state index in [4.69, 9.17) is 67.5 Å². The monoisotopic (exact) mass is 489 g/mol. The maximum Gasteiger partial charge on any atom is 0.163 e. The lowest BCUT2D eigenvalue weighted by atomic mass is 10.2. The van der Waals surface area contributed by atoms with Crippen LogP contribution in [0.4, 0.5) is 5.69 Å². The first kappa shape index (κ1) is 22.2. The third kappa shape index (κ3) is 5.78. The zero-order chi connectivity index (χ0) is 21.0. The van der Waals surface area contributed by atoms with E-state index in [1.54, 1.807) is 37.4 Å². The number of anilines is 1. The zero-order valence-electron chi connectivity index (χ0n) is 15.2. The van der Waals surface area contributed by atoms with Gasteiger partial charge in [-0.3, -0.25) is 0 Å². The molecule has 0 aliphatic carbocycles. The number of nitrogens with one attached hydrogen (secondary N) is 1. The van der Waals surface area contributed by atoms with Gasteiger partial charge in [-0.25, -0.2) is 0 Å². The molecule has 1 N–H and O–H groups in total. The molecule has 0 spiro atoms. The van der Waals surface area contributed by atoms with E-state index in [0.29, 0.717) is 49.8 Å². The van der Waals surface area contributed by atoms with E-state index in [9.17, 15) is 0 Å². The van der Waals surface area contributed by atoms with Crippen molar-refractivity contribution in [2.24, 2.45) is 0 Å². The van der Waals surface area contributed by atoms with Gasteiger partial charge in [0.15, 0.2) is 11.5 Å². The van der Waals surface area contributed by atoms with Crippen molar-refractivity contribution in [3.8, 4) is 11.5 Å². The molecule has 0 atom stereocenters. The number of halogens is 5. The average molecular weight is 492 g/mol. The summed E-state index contributed by atoms with van der Waals surface area (Å²) in [6, 6.07) is 14.2. The lowest BCUT2D eigenvalue weighted by Crippen LogP contribution is -2.03. The van der Waals surface area contributed by atoms with Gasteiger partial charge in [-0.1, -0.05) is 64.1 Å². The quantitative estimate of drug-likeness (QED) is 0.362. The second kappa shape index (κ2) is 10.0. The van der Waals surface area contributed by atoms with Gasteiger partial charge in [0.05, 0.1) is 27.2 Å². The van der Waals surface area contributed by atoms with Crippen LogP contribution in [0.1, 0.15) is 11.1 Å². The van der Waals surface area contributed by atoms with Crippen molar-refractivity contribution >= 4 is 63.7 Å². The Morgan fingerprint density at radius 3 is 2.07 bits per heavy atom. The molecule has 29 heavy (non-hydrogen) atoms. The van der Waals surface area contributed by atoms with E-state index in [1.165, 1.54) is 0 Å². The molecule has 0 amide bonds. The molecule has 0 heterocycles. The van der Waals surface area contributed by atoms with Gasteiger partial charge in [-0.15, -0.1) is 0 Å². The van der Waals surface area contributed by atoms with Gasteiger partial charge in [0, 0.05) is 23.3 Å². The molecule has 8 heteroatoms. The minimum atomic E-state index is 0.296. The van der Waals surface area contributed by atoms with Crippen LogP contribution in [-0.4, -0.2) is 7.11 Å². The van der Waals surface area contributed by atoms with Crippen LogP contribution in [0.5, 0.6) is 11.5 Å². The molecule has 0 aliphatic heterocycles. The van der Waals surface area contributed by atoms with Crippen LogP contribution in [0.25, 0.3) is 0 Å². The third-order valence-electron chi connectivity index (χ3n) is 4.11.